The summed E-state index contributed by atoms with van der Waals surface area (Å²) in [5, 5.41) is 8.96. The van der Waals surface area contributed by atoms with Crippen LogP contribution in [0.1, 0.15) is 24.6 Å². The number of anilines is 1. The third-order valence-corrected chi connectivity index (χ3v) is 2.74. The van der Waals surface area contributed by atoms with Crippen LogP contribution in [0.5, 0.6) is 0 Å². The van der Waals surface area contributed by atoms with E-state index in [1.54, 1.807) is 0 Å². The molecular formula is C11H13N3O3. The Labute approximate surface area is 98.0 Å². The number of nitrogens with zero attached hydrogens (tertiary/aromatic N) is 2. The van der Waals surface area contributed by atoms with Gasteiger partial charge in [-0.3, -0.25) is 4.57 Å². The smallest absolute Gasteiger partial charge is 0.351 e. The molecule has 6 heteroatoms. The highest BCUT2D eigenvalue weighted by atomic mass is 16.5. The van der Waals surface area contributed by atoms with Crippen molar-refractivity contribution in [3.8, 4) is 12.3 Å². The van der Waals surface area contributed by atoms with Crippen LogP contribution in [0.15, 0.2) is 11.0 Å². The Morgan fingerprint density at radius 3 is 3.06 bits per heavy atom. The molecule has 0 spiro atoms. The maximum Gasteiger partial charge on any atom is 0.351 e. The first-order valence-corrected chi connectivity index (χ1v) is 5.27. The van der Waals surface area contributed by atoms with Crippen molar-refractivity contribution < 1.29 is 9.84 Å². The van der Waals surface area contributed by atoms with Crippen LogP contribution in [0.2, 0.25) is 0 Å². The summed E-state index contributed by atoms with van der Waals surface area (Å²) in [7, 11) is 0. The third kappa shape index (κ3) is 2.16. The van der Waals surface area contributed by atoms with Gasteiger partial charge in [0.15, 0.2) is 0 Å². The summed E-state index contributed by atoms with van der Waals surface area (Å²) in [6.07, 6.45) is 7.39. The average Bonchev–Trinajstić information content (AvgIpc) is 2.78. The van der Waals surface area contributed by atoms with Crippen LogP contribution in [0.3, 0.4) is 0 Å². The van der Waals surface area contributed by atoms with E-state index in [2.05, 4.69) is 10.9 Å². The molecule has 1 aromatic heterocycles. The zero-order chi connectivity index (χ0) is 12.4. The molecule has 2 unspecified atom stereocenters. The van der Waals surface area contributed by atoms with Gasteiger partial charge in [0.25, 0.3) is 0 Å². The van der Waals surface area contributed by atoms with Gasteiger partial charge >= 0.3 is 5.69 Å². The summed E-state index contributed by atoms with van der Waals surface area (Å²) in [4.78, 5) is 15.3. The highest BCUT2D eigenvalue weighted by Gasteiger charge is 2.27. The lowest BCUT2D eigenvalue weighted by Gasteiger charge is -2.15. The van der Waals surface area contributed by atoms with E-state index >= 15 is 0 Å². The van der Waals surface area contributed by atoms with Crippen molar-refractivity contribution in [3.63, 3.8) is 0 Å². The number of nitrogens with two attached hydrogens (primary N) is 1. The van der Waals surface area contributed by atoms with E-state index < -0.39 is 11.9 Å². The minimum absolute atomic E-state index is 0.0467. The van der Waals surface area contributed by atoms with Crippen molar-refractivity contribution in [2.24, 2.45) is 0 Å². The Bertz CT molecular complexity index is 518. The minimum atomic E-state index is -0.495. The highest BCUT2D eigenvalue weighted by molar-refractivity contribution is 5.47. The standard InChI is InChI=1S/C11H13N3O3/c1-2-7-5-14(11(16)13-10(7)12)9-4-3-8(6-15)17-9/h1,5,8-9,15H,3-4,6H2,(H2,12,13,16). The van der Waals surface area contributed by atoms with Gasteiger partial charge in [-0.25, -0.2) is 4.79 Å². The number of aliphatic hydroxyl groups excluding tert-OH is 1. The number of rotatable bonds is 2. The first-order chi connectivity index (χ1) is 8.15. The summed E-state index contributed by atoms with van der Waals surface area (Å²) < 4.78 is 6.80. The molecule has 1 aliphatic heterocycles. The Balaban J connectivity index is 2.34. The van der Waals surface area contributed by atoms with Crippen LogP contribution in [-0.4, -0.2) is 27.4 Å². The second kappa shape index (κ2) is 4.57. The predicted octanol–water partition coefficient (Wildman–Crippen LogP) is -0.523. The van der Waals surface area contributed by atoms with Gasteiger partial charge in [0.2, 0.25) is 0 Å². The van der Waals surface area contributed by atoms with Gasteiger partial charge < -0.3 is 15.6 Å². The maximum atomic E-state index is 11.7. The van der Waals surface area contributed by atoms with E-state index in [-0.39, 0.29) is 18.5 Å². The lowest BCUT2D eigenvalue weighted by Crippen LogP contribution is -2.28. The highest BCUT2D eigenvalue weighted by Crippen LogP contribution is 2.26. The SMILES string of the molecule is C#Cc1cn(C2CCC(CO)O2)c(=O)nc1N. The maximum absolute atomic E-state index is 11.7. The molecule has 1 aromatic rings. The predicted molar refractivity (Wildman–Crippen MR) is 61.1 cm³/mol. The second-order valence-electron chi connectivity index (χ2n) is 3.85. The number of aliphatic hydroxyl groups is 1. The van der Waals surface area contributed by atoms with E-state index in [0.717, 1.165) is 0 Å². The summed E-state index contributed by atoms with van der Waals surface area (Å²) in [6, 6.07) is 0. The number of hydrogen-bond donors (Lipinski definition) is 2. The molecule has 6 nitrogen and oxygen atoms in total. The molecule has 1 fully saturated rings. The van der Waals surface area contributed by atoms with Crippen LogP contribution in [0.4, 0.5) is 5.82 Å². The Morgan fingerprint density at radius 2 is 2.47 bits per heavy atom. The monoisotopic (exact) mass is 235 g/mol. The van der Waals surface area contributed by atoms with Crippen molar-refractivity contribution >= 4 is 5.82 Å². The minimum Gasteiger partial charge on any atom is -0.394 e. The number of nitrogen functional groups attached to an aromatic ring is 1. The Morgan fingerprint density at radius 1 is 1.71 bits per heavy atom. The number of aromatic nitrogens is 2. The second-order valence-corrected chi connectivity index (χ2v) is 3.85. The van der Waals surface area contributed by atoms with Crippen molar-refractivity contribution in [1.82, 2.24) is 9.55 Å². The van der Waals surface area contributed by atoms with E-state index in [1.807, 2.05) is 0 Å². The molecule has 0 saturated carbocycles. The van der Waals surface area contributed by atoms with Crippen molar-refractivity contribution in [2.45, 2.75) is 25.2 Å². The molecule has 2 rings (SSSR count). The molecule has 17 heavy (non-hydrogen) atoms. The van der Waals surface area contributed by atoms with Gasteiger partial charge in [-0.1, -0.05) is 5.92 Å². The lowest BCUT2D eigenvalue weighted by molar-refractivity contribution is -0.0245. The van der Waals surface area contributed by atoms with Gasteiger partial charge in [-0.2, -0.15) is 4.98 Å². The molecule has 1 saturated heterocycles. The fourth-order valence-electron chi connectivity index (χ4n) is 1.82. The molecule has 0 amide bonds. The molecule has 90 valence electrons. The molecule has 0 bridgehead atoms. The van der Waals surface area contributed by atoms with Gasteiger partial charge in [0, 0.05) is 6.20 Å². The Hall–Kier alpha value is -1.84. The molecule has 3 N–H and O–H groups in total. The first kappa shape index (κ1) is 11.6. The van der Waals surface area contributed by atoms with E-state index in [0.29, 0.717) is 18.4 Å². The van der Waals surface area contributed by atoms with Crippen LogP contribution in [-0.2, 0) is 4.74 Å². The molecule has 0 aromatic carbocycles. The van der Waals surface area contributed by atoms with Gasteiger partial charge in [0.05, 0.1) is 18.3 Å². The number of terminal acetylenes is 1. The number of hydrogen-bond acceptors (Lipinski definition) is 5. The summed E-state index contributed by atoms with van der Waals surface area (Å²) in [5.74, 6) is 2.41. The molecule has 0 aliphatic carbocycles. The normalized spacial score (nSPS) is 23.5. The Kier molecular flexibility index (Phi) is 3.13. The van der Waals surface area contributed by atoms with E-state index in [1.165, 1.54) is 10.8 Å². The van der Waals surface area contributed by atoms with Gasteiger partial charge in [-0.05, 0) is 12.8 Å². The van der Waals surface area contributed by atoms with Gasteiger partial charge in [-0.15, -0.1) is 6.42 Å². The van der Waals surface area contributed by atoms with Crippen molar-refractivity contribution in [2.75, 3.05) is 12.3 Å². The van der Waals surface area contributed by atoms with Crippen molar-refractivity contribution in [3.05, 3.63) is 22.2 Å². The zero-order valence-electron chi connectivity index (χ0n) is 9.17. The zero-order valence-corrected chi connectivity index (χ0v) is 9.17. The lowest BCUT2D eigenvalue weighted by atomic mass is 10.2. The van der Waals surface area contributed by atoms with Crippen LogP contribution >= 0.6 is 0 Å². The van der Waals surface area contributed by atoms with Crippen LogP contribution in [0, 0.1) is 12.3 Å². The van der Waals surface area contributed by atoms with E-state index in [4.69, 9.17) is 22.0 Å². The molecule has 2 heterocycles. The fraction of sp³-hybridized carbons (Fsp3) is 0.455. The molecule has 1 aliphatic rings. The van der Waals surface area contributed by atoms with Gasteiger partial charge in [0.1, 0.15) is 12.0 Å². The third-order valence-electron chi connectivity index (χ3n) is 2.74. The van der Waals surface area contributed by atoms with Crippen LogP contribution < -0.4 is 11.4 Å². The van der Waals surface area contributed by atoms with Crippen LogP contribution in [0.25, 0.3) is 0 Å². The topological polar surface area (TPSA) is 90.4 Å². The molecule has 2 atom stereocenters. The molecule has 0 radical (unpaired) electrons. The number of ether oxygens (including phenoxy) is 1. The quantitative estimate of drug-likeness (QED) is 0.673. The van der Waals surface area contributed by atoms with Crippen molar-refractivity contribution in [1.29, 1.82) is 0 Å². The summed E-state index contributed by atoms with van der Waals surface area (Å²) >= 11 is 0. The first-order valence-electron chi connectivity index (χ1n) is 5.27. The van der Waals surface area contributed by atoms with E-state index in [9.17, 15) is 4.79 Å². The fourth-order valence-corrected chi connectivity index (χ4v) is 1.82. The largest absolute Gasteiger partial charge is 0.394 e. The summed E-state index contributed by atoms with van der Waals surface area (Å²) in [5.41, 5.74) is 5.37. The summed E-state index contributed by atoms with van der Waals surface area (Å²) in [6.45, 7) is -0.0599. The average molecular weight is 235 g/mol. The molecular weight excluding hydrogens is 222 g/mol.